The molecule has 2 aromatic rings. The molecule has 0 fully saturated rings. The number of benzene rings is 1. The predicted molar refractivity (Wildman–Crippen MR) is 66.9 cm³/mol. The molecule has 1 heterocycles. The van der Waals surface area contributed by atoms with Crippen molar-refractivity contribution in [2.24, 2.45) is 0 Å². The van der Waals surface area contributed by atoms with E-state index >= 15 is 0 Å². The van der Waals surface area contributed by atoms with Gasteiger partial charge in [-0.2, -0.15) is 0 Å². The molecule has 0 unspecified atom stereocenters. The van der Waals surface area contributed by atoms with E-state index in [2.05, 4.69) is 4.98 Å². The lowest BCUT2D eigenvalue weighted by Crippen LogP contribution is -2.12. The van der Waals surface area contributed by atoms with Gasteiger partial charge in [0, 0.05) is 17.5 Å². The van der Waals surface area contributed by atoms with Crippen LogP contribution in [-0.2, 0) is 6.42 Å². The molecule has 0 aliphatic heterocycles. The Hall–Kier alpha value is -2.03. The summed E-state index contributed by atoms with van der Waals surface area (Å²) in [5.74, 6) is -0.113. The number of rotatable bonds is 1. The second-order valence-corrected chi connectivity index (χ2v) is 4.48. The summed E-state index contributed by atoms with van der Waals surface area (Å²) >= 11 is 0. The van der Waals surface area contributed by atoms with Gasteiger partial charge in [0.2, 0.25) is 0 Å². The number of ketones is 1. The van der Waals surface area contributed by atoms with Crippen LogP contribution < -0.4 is 0 Å². The van der Waals surface area contributed by atoms with Crippen LogP contribution in [0.15, 0.2) is 36.4 Å². The summed E-state index contributed by atoms with van der Waals surface area (Å²) in [5, 5.41) is 0. The smallest absolute Gasteiger partial charge is 0.164 e. The standard InChI is InChI=1S/C15H12FNO/c16-11-4-1-3-10(9-11)13-8-7-12-14(17-13)5-2-6-15(12)18/h1,3-4,7-9H,2,5-6H2. The van der Waals surface area contributed by atoms with Crippen molar-refractivity contribution >= 4 is 5.78 Å². The normalized spacial score (nSPS) is 14.4. The summed E-state index contributed by atoms with van der Waals surface area (Å²) in [5.41, 5.74) is 3.04. The Morgan fingerprint density at radius 3 is 2.83 bits per heavy atom. The average Bonchev–Trinajstić information content (AvgIpc) is 2.39. The van der Waals surface area contributed by atoms with E-state index in [-0.39, 0.29) is 11.6 Å². The van der Waals surface area contributed by atoms with Crippen LogP contribution in [0, 0.1) is 5.82 Å². The highest BCUT2D eigenvalue weighted by molar-refractivity contribution is 5.98. The van der Waals surface area contributed by atoms with Crippen molar-refractivity contribution in [1.82, 2.24) is 4.98 Å². The number of nitrogens with zero attached hydrogens (tertiary/aromatic N) is 1. The van der Waals surface area contributed by atoms with Crippen LogP contribution in [0.4, 0.5) is 4.39 Å². The fourth-order valence-corrected chi connectivity index (χ4v) is 2.31. The lowest BCUT2D eigenvalue weighted by atomic mass is 9.94. The van der Waals surface area contributed by atoms with E-state index in [1.807, 2.05) is 12.1 Å². The predicted octanol–water partition coefficient (Wildman–Crippen LogP) is 3.41. The number of pyridine rings is 1. The lowest BCUT2D eigenvalue weighted by Gasteiger charge is -2.14. The molecule has 0 saturated carbocycles. The molecule has 0 radical (unpaired) electrons. The molecule has 18 heavy (non-hydrogen) atoms. The molecule has 1 aromatic heterocycles. The Bertz CT molecular complexity index is 622. The number of halogens is 1. The Morgan fingerprint density at radius 1 is 1.11 bits per heavy atom. The number of aryl methyl sites for hydroxylation is 1. The first-order chi connectivity index (χ1) is 8.74. The van der Waals surface area contributed by atoms with E-state index in [9.17, 15) is 9.18 Å². The molecular weight excluding hydrogens is 229 g/mol. The highest BCUT2D eigenvalue weighted by Gasteiger charge is 2.18. The van der Waals surface area contributed by atoms with Crippen LogP contribution in [-0.4, -0.2) is 10.8 Å². The minimum Gasteiger partial charge on any atom is -0.294 e. The maximum atomic E-state index is 13.2. The Balaban J connectivity index is 2.07. The quantitative estimate of drug-likeness (QED) is 0.765. The Kier molecular flexibility index (Phi) is 2.67. The minimum atomic E-state index is -0.275. The fraction of sp³-hybridized carbons (Fsp3) is 0.200. The number of hydrogen-bond donors (Lipinski definition) is 0. The first-order valence-corrected chi connectivity index (χ1v) is 6.03. The maximum absolute atomic E-state index is 13.2. The van der Waals surface area contributed by atoms with Crippen molar-refractivity contribution in [3.05, 3.63) is 53.5 Å². The molecule has 1 aliphatic rings. The van der Waals surface area contributed by atoms with Gasteiger partial charge in [0.05, 0.1) is 11.4 Å². The van der Waals surface area contributed by atoms with Gasteiger partial charge in [-0.25, -0.2) is 4.39 Å². The van der Waals surface area contributed by atoms with E-state index in [1.165, 1.54) is 12.1 Å². The monoisotopic (exact) mass is 241 g/mol. The van der Waals surface area contributed by atoms with Gasteiger partial charge in [0.1, 0.15) is 5.82 Å². The molecule has 0 N–H and O–H groups in total. The largest absolute Gasteiger partial charge is 0.294 e. The lowest BCUT2D eigenvalue weighted by molar-refractivity contribution is 0.0971. The van der Waals surface area contributed by atoms with Crippen LogP contribution in [0.25, 0.3) is 11.3 Å². The Labute approximate surface area is 104 Å². The van der Waals surface area contributed by atoms with Crippen LogP contribution >= 0.6 is 0 Å². The second-order valence-electron chi connectivity index (χ2n) is 4.48. The summed E-state index contributed by atoms with van der Waals surface area (Å²) in [6.07, 6.45) is 2.28. The van der Waals surface area contributed by atoms with Crippen molar-refractivity contribution in [1.29, 1.82) is 0 Å². The van der Waals surface area contributed by atoms with Crippen LogP contribution in [0.3, 0.4) is 0 Å². The molecular formula is C15H12FNO. The summed E-state index contributed by atoms with van der Waals surface area (Å²) < 4.78 is 13.2. The summed E-state index contributed by atoms with van der Waals surface area (Å²) in [6.45, 7) is 0. The molecule has 1 aliphatic carbocycles. The van der Waals surface area contributed by atoms with E-state index in [0.29, 0.717) is 6.42 Å². The first kappa shape index (κ1) is 11.1. The molecule has 2 nitrogen and oxygen atoms in total. The summed E-state index contributed by atoms with van der Waals surface area (Å²) in [4.78, 5) is 16.2. The number of aromatic nitrogens is 1. The number of fused-ring (bicyclic) bond motifs is 1. The van der Waals surface area contributed by atoms with Gasteiger partial charge >= 0.3 is 0 Å². The van der Waals surface area contributed by atoms with Crippen molar-refractivity contribution in [3.8, 4) is 11.3 Å². The zero-order valence-electron chi connectivity index (χ0n) is 9.82. The van der Waals surface area contributed by atoms with E-state index in [0.717, 1.165) is 35.4 Å². The van der Waals surface area contributed by atoms with Gasteiger partial charge in [-0.3, -0.25) is 9.78 Å². The zero-order chi connectivity index (χ0) is 12.5. The highest BCUT2D eigenvalue weighted by atomic mass is 19.1. The van der Waals surface area contributed by atoms with Crippen LogP contribution in [0.5, 0.6) is 0 Å². The fourth-order valence-electron chi connectivity index (χ4n) is 2.31. The molecule has 0 spiro atoms. The van der Waals surface area contributed by atoms with Crippen molar-refractivity contribution < 1.29 is 9.18 Å². The van der Waals surface area contributed by atoms with E-state index in [1.54, 1.807) is 12.1 Å². The maximum Gasteiger partial charge on any atom is 0.164 e. The second kappa shape index (κ2) is 4.33. The first-order valence-electron chi connectivity index (χ1n) is 6.03. The molecule has 0 bridgehead atoms. The number of hydrogen-bond acceptors (Lipinski definition) is 2. The molecule has 3 heteroatoms. The number of carbonyl (C=O) groups is 1. The molecule has 0 atom stereocenters. The van der Waals surface area contributed by atoms with Gasteiger partial charge in [-0.05, 0) is 37.1 Å². The van der Waals surface area contributed by atoms with E-state index in [4.69, 9.17) is 0 Å². The van der Waals surface area contributed by atoms with Crippen LogP contribution in [0.1, 0.15) is 28.9 Å². The molecule has 0 saturated heterocycles. The van der Waals surface area contributed by atoms with Gasteiger partial charge in [0.15, 0.2) is 5.78 Å². The van der Waals surface area contributed by atoms with Gasteiger partial charge in [-0.1, -0.05) is 12.1 Å². The highest BCUT2D eigenvalue weighted by Crippen LogP contribution is 2.24. The van der Waals surface area contributed by atoms with Gasteiger partial charge in [-0.15, -0.1) is 0 Å². The number of Topliss-reactive ketones (excluding diaryl/α,β-unsaturated/α-hetero) is 1. The third-order valence-corrected chi connectivity index (χ3v) is 3.21. The SMILES string of the molecule is O=C1CCCc2nc(-c3cccc(F)c3)ccc21. The van der Waals surface area contributed by atoms with Gasteiger partial charge in [0.25, 0.3) is 0 Å². The van der Waals surface area contributed by atoms with Crippen molar-refractivity contribution in [2.75, 3.05) is 0 Å². The minimum absolute atomic E-state index is 0.162. The Morgan fingerprint density at radius 2 is 2.00 bits per heavy atom. The third kappa shape index (κ3) is 1.92. The average molecular weight is 241 g/mol. The zero-order valence-corrected chi connectivity index (χ0v) is 9.82. The van der Waals surface area contributed by atoms with Crippen LogP contribution in [0.2, 0.25) is 0 Å². The number of carbonyl (C=O) groups excluding carboxylic acids is 1. The molecule has 1 aromatic carbocycles. The summed E-state index contributed by atoms with van der Waals surface area (Å²) in [6, 6.07) is 9.95. The molecule has 90 valence electrons. The molecule has 3 rings (SSSR count). The van der Waals surface area contributed by atoms with Crippen molar-refractivity contribution in [2.45, 2.75) is 19.3 Å². The van der Waals surface area contributed by atoms with Gasteiger partial charge < -0.3 is 0 Å². The van der Waals surface area contributed by atoms with Crippen molar-refractivity contribution in [3.63, 3.8) is 0 Å². The topological polar surface area (TPSA) is 30.0 Å². The molecule has 0 amide bonds. The third-order valence-electron chi connectivity index (χ3n) is 3.21. The van der Waals surface area contributed by atoms with E-state index < -0.39 is 0 Å². The summed E-state index contributed by atoms with van der Waals surface area (Å²) in [7, 11) is 0.